The fraction of sp³-hybridized carbons (Fsp3) is 0.143. The Balaban J connectivity index is 0.00000144. The van der Waals surface area contributed by atoms with Crippen LogP contribution in [0.4, 0.5) is 11.4 Å². The van der Waals surface area contributed by atoms with Crippen LogP contribution in [0.1, 0.15) is 5.56 Å². The molecule has 2 N–H and O–H groups in total. The average Bonchev–Trinajstić information content (AvgIpc) is 1.99. The van der Waals surface area contributed by atoms with Crippen LogP contribution in [0, 0.1) is 17.0 Å². The number of anilines is 1. The van der Waals surface area contributed by atoms with Gasteiger partial charge in [-0.05, 0) is 28.4 Å². The molecule has 6 heteroatoms. The second-order valence-electron chi connectivity index (χ2n) is 2.42. The molecule has 4 nitrogen and oxygen atoms in total. The first-order valence-corrected chi connectivity index (χ1v) is 4.01. The van der Waals surface area contributed by atoms with Crippen molar-refractivity contribution in [2.75, 3.05) is 5.73 Å². The summed E-state index contributed by atoms with van der Waals surface area (Å²) < 4.78 is 0.564. The zero-order chi connectivity index (χ0) is 9.30. The van der Waals surface area contributed by atoms with Gasteiger partial charge in [-0.15, -0.1) is 17.0 Å². The standard InChI is InChI=1S/C7H7BrN2O2.BrH/c1-4-2-5(10(11)12)3-6(8)7(4)9;/h2-3H,9H2,1H3;1H. The first kappa shape index (κ1) is 12.4. The molecule has 1 rings (SSSR count). The topological polar surface area (TPSA) is 69.2 Å². The van der Waals surface area contributed by atoms with E-state index in [1.165, 1.54) is 12.1 Å². The molecular formula is C7H8Br2N2O2. The van der Waals surface area contributed by atoms with E-state index in [9.17, 15) is 10.1 Å². The molecule has 0 radical (unpaired) electrons. The predicted octanol–water partition coefficient (Wildman–Crippen LogP) is 2.83. The Morgan fingerprint density at radius 3 is 2.46 bits per heavy atom. The Morgan fingerprint density at radius 2 is 2.08 bits per heavy atom. The first-order chi connectivity index (χ1) is 5.52. The summed E-state index contributed by atoms with van der Waals surface area (Å²) in [7, 11) is 0. The summed E-state index contributed by atoms with van der Waals surface area (Å²) in [6, 6.07) is 2.84. The van der Waals surface area contributed by atoms with Crippen LogP contribution >= 0.6 is 32.9 Å². The minimum Gasteiger partial charge on any atom is -0.398 e. The molecule has 1 aromatic rings. The molecule has 0 unspecified atom stereocenters. The van der Waals surface area contributed by atoms with Gasteiger partial charge in [0.05, 0.1) is 4.92 Å². The monoisotopic (exact) mass is 310 g/mol. The van der Waals surface area contributed by atoms with Crippen LogP contribution in [-0.4, -0.2) is 4.92 Å². The number of nitrogen functional groups attached to an aromatic ring is 1. The minimum atomic E-state index is -0.447. The van der Waals surface area contributed by atoms with Gasteiger partial charge in [-0.3, -0.25) is 10.1 Å². The molecular weight excluding hydrogens is 304 g/mol. The molecule has 0 amide bonds. The lowest BCUT2D eigenvalue weighted by atomic mass is 10.2. The molecule has 72 valence electrons. The summed E-state index contributed by atoms with van der Waals surface area (Å²) in [6.07, 6.45) is 0. The number of halogens is 2. The maximum Gasteiger partial charge on any atom is 0.270 e. The van der Waals surface area contributed by atoms with Crippen molar-refractivity contribution in [2.45, 2.75) is 6.92 Å². The van der Waals surface area contributed by atoms with Crippen molar-refractivity contribution in [2.24, 2.45) is 0 Å². The van der Waals surface area contributed by atoms with E-state index in [-0.39, 0.29) is 22.7 Å². The molecule has 0 aliphatic carbocycles. The second-order valence-corrected chi connectivity index (χ2v) is 3.27. The average molecular weight is 312 g/mol. The third-order valence-corrected chi connectivity index (χ3v) is 2.19. The highest BCUT2D eigenvalue weighted by atomic mass is 79.9. The zero-order valence-electron chi connectivity index (χ0n) is 6.78. The molecule has 0 aliphatic heterocycles. The molecule has 0 saturated heterocycles. The van der Waals surface area contributed by atoms with Gasteiger partial charge in [0.15, 0.2) is 0 Å². The molecule has 13 heavy (non-hydrogen) atoms. The van der Waals surface area contributed by atoms with Crippen molar-refractivity contribution >= 4 is 44.3 Å². The van der Waals surface area contributed by atoms with Gasteiger partial charge in [0.2, 0.25) is 0 Å². The Bertz CT molecular complexity index is 318. The van der Waals surface area contributed by atoms with Crippen LogP contribution in [0.25, 0.3) is 0 Å². The second kappa shape index (κ2) is 4.57. The van der Waals surface area contributed by atoms with E-state index < -0.39 is 4.92 Å². The zero-order valence-corrected chi connectivity index (χ0v) is 10.1. The quantitative estimate of drug-likeness (QED) is 0.492. The van der Waals surface area contributed by atoms with Crippen LogP contribution < -0.4 is 5.73 Å². The Labute approximate surface area is 94.2 Å². The summed E-state index contributed by atoms with van der Waals surface area (Å²) in [4.78, 5) is 9.91. The number of nitro groups is 1. The van der Waals surface area contributed by atoms with Crippen molar-refractivity contribution in [1.82, 2.24) is 0 Å². The van der Waals surface area contributed by atoms with Gasteiger partial charge < -0.3 is 5.73 Å². The van der Waals surface area contributed by atoms with Gasteiger partial charge in [0, 0.05) is 22.3 Å². The summed E-state index contributed by atoms with van der Waals surface area (Å²) in [5, 5.41) is 10.4. The number of nitro benzene ring substituents is 1. The molecule has 0 bridgehead atoms. The Morgan fingerprint density at radius 1 is 1.54 bits per heavy atom. The number of hydrogen-bond donors (Lipinski definition) is 1. The van der Waals surface area contributed by atoms with Crippen molar-refractivity contribution in [3.05, 3.63) is 32.3 Å². The number of benzene rings is 1. The lowest BCUT2D eigenvalue weighted by Gasteiger charge is -2.01. The fourth-order valence-electron chi connectivity index (χ4n) is 0.843. The van der Waals surface area contributed by atoms with Crippen LogP contribution in [0.2, 0.25) is 0 Å². The van der Waals surface area contributed by atoms with Gasteiger partial charge in [-0.1, -0.05) is 0 Å². The number of rotatable bonds is 1. The van der Waals surface area contributed by atoms with Crippen LogP contribution in [0.15, 0.2) is 16.6 Å². The normalized spacial score (nSPS) is 9.08. The largest absolute Gasteiger partial charge is 0.398 e. The van der Waals surface area contributed by atoms with Gasteiger partial charge >= 0.3 is 0 Å². The summed E-state index contributed by atoms with van der Waals surface area (Å²) in [6.45, 7) is 1.73. The van der Waals surface area contributed by atoms with E-state index in [4.69, 9.17) is 5.73 Å². The molecule has 0 aliphatic rings. The van der Waals surface area contributed by atoms with E-state index >= 15 is 0 Å². The van der Waals surface area contributed by atoms with Gasteiger partial charge in [0.25, 0.3) is 5.69 Å². The lowest BCUT2D eigenvalue weighted by Crippen LogP contribution is -1.94. The van der Waals surface area contributed by atoms with Crippen LogP contribution in [0.3, 0.4) is 0 Å². The smallest absolute Gasteiger partial charge is 0.270 e. The first-order valence-electron chi connectivity index (χ1n) is 3.22. The van der Waals surface area contributed by atoms with E-state index in [0.717, 1.165) is 0 Å². The van der Waals surface area contributed by atoms with Gasteiger partial charge in [-0.2, -0.15) is 0 Å². The molecule has 0 spiro atoms. The van der Waals surface area contributed by atoms with Crippen molar-refractivity contribution in [3.8, 4) is 0 Å². The maximum atomic E-state index is 10.4. The molecule has 1 aromatic carbocycles. The van der Waals surface area contributed by atoms with Gasteiger partial charge in [-0.25, -0.2) is 0 Å². The van der Waals surface area contributed by atoms with E-state index in [0.29, 0.717) is 15.7 Å². The lowest BCUT2D eigenvalue weighted by molar-refractivity contribution is -0.385. The van der Waals surface area contributed by atoms with Crippen molar-refractivity contribution < 1.29 is 4.92 Å². The highest BCUT2D eigenvalue weighted by molar-refractivity contribution is 9.10. The Hall–Kier alpha value is -0.620. The number of aryl methyl sites for hydroxylation is 1. The van der Waals surface area contributed by atoms with E-state index in [2.05, 4.69) is 15.9 Å². The van der Waals surface area contributed by atoms with E-state index in [1.807, 2.05) is 0 Å². The number of non-ortho nitro benzene ring substituents is 1. The summed E-state index contributed by atoms with van der Waals surface area (Å²) in [5.41, 5.74) is 6.88. The third kappa shape index (κ3) is 2.67. The van der Waals surface area contributed by atoms with Crippen molar-refractivity contribution in [1.29, 1.82) is 0 Å². The molecule has 0 saturated carbocycles. The molecule has 0 fully saturated rings. The molecule has 0 heterocycles. The predicted molar refractivity (Wildman–Crippen MR) is 60.3 cm³/mol. The SMILES string of the molecule is Br.Cc1cc([N+](=O)[O-])cc(Br)c1N. The Kier molecular flexibility index (Phi) is 4.35. The van der Waals surface area contributed by atoms with Crippen molar-refractivity contribution in [3.63, 3.8) is 0 Å². The van der Waals surface area contributed by atoms with Crippen LogP contribution in [0.5, 0.6) is 0 Å². The fourth-order valence-corrected chi connectivity index (χ4v) is 1.39. The number of nitrogens with two attached hydrogens (primary N) is 1. The third-order valence-electron chi connectivity index (χ3n) is 1.53. The molecule has 0 aromatic heterocycles. The van der Waals surface area contributed by atoms with Crippen LogP contribution in [-0.2, 0) is 0 Å². The maximum absolute atomic E-state index is 10.4. The number of nitrogens with zero attached hydrogens (tertiary/aromatic N) is 1. The summed E-state index contributed by atoms with van der Waals surface area (Å²) in [5.74, 6) is 0. The number of hydrogen-bond acceptors (Lipinski definition) is 3. The highest BCUT2D eigenvalue weighted by Gasteiger charge is 2.09. The summed E-state index contributed by atoms with van der Waals surface area (Å²) >= 11 is 3.14. The van der Waals surface area contributed by atoms with E-state index in [1.54, 1.807) is 6.92 Å². The van der Waals surface area contributed by atoms with Gasteiger partial charge in [0.1, 0.15) is 0 Å². The minimum absolute atomic E-state index is 0. The highest BCUT2D eigenvalue weighted by Crippen LogP contribution is 2.28. The molecule has 0 atom stereocenters.